The molecule has 0 saturated heterocycles. The minimum Gasteiger partial charge on any atom is -0.383 e. The number of nitrogens with one attached hydrogen (secondary N) is 1. The average Bonchev–Trinajstić information content (AvgIpc) is 2.37. The summed E-state index contributed by atoms with van der Waals surface area (Å²) in [4.78, 5) is 2.06. The summed E-state index contributed by atoms with van der Waals surface area (Å²) in [6.07, 6.45) is 0. The molecule has 0 spiro atoms. The molecule has 0 aromatic heterocycles. The molecule has 20 heavy (non-hydrogen) atoms. The summed E-state index contributed by atoms with van der Waals surface area (Å²) in [5.74, 6) is 0. The van der Waals surface area contributed by atoms with E-state index in [4.69, 9.17) is 21.7 Å². The molecule has 0 unspecified atom stereocenters. The van der Waals surface area contributed by atoms with Gasteiger partial charge >= 0.3 is 0 Å². The molecule has 0 heterocycles. The van der Waals surface area contributed by atoms with Gasteiger partial charge in [0.1, 0.15) is 0 Å². The van der Waals surface area contributed by atoms with Gasteiger partial charge in [-0.3, -0.25) is 0 Å². The van der Waals surface area contributed by atoms with Gasteiger partial charge in [-0.15, -0.1) is 0 Å². The molecule has 0 bridgehead atoms. The molecule has 0 aliphatic rings. The van der Waals surface area contributed by atoms with Gasteiger partial charge in [0.25, 0.3) is 0 Å². The summed E-state index contributed by atoms with van der Waals surface area (Å²) in [5, 5.41) is 3.99. The number of aryl methyl sites for hydroxylation is 2. The third-order valence-corrected chi connectivity index (χ3v) is 3.25. The van der Waals surface area contributed by atoms with Crippen LogP contribution in [0, 0.1) is 13.8 Å². The van der Waals surface area contributed by atoms with Crippen LogP contribution in [-0.4, -0.2) is 50.5 Å². The smallest absolute Gasteiger partial charge is 0.173 e. The molecule has 0 fully saturated rings. The third-order valence-electron chi connectivity index (χ3n) is 2.89. The van der Waals surface area contributed by atoms with Crippen molar-refractivity contribution >= 4 is 23.0 Å². The van der Waals surface area contributed by atoms with Gasteiger partial charge in [0.05, 0.1) is 13.2 Å². The van der Waals surface area contributed by atoms with Crippen molar-refractivity contribution < 1.29 is 9.47 Å². The van der Waals surface area contributed by atoms with Crippen molar-refractivity contribution in [2.75, 3.05) is 45.8 Å². The van der Waals surface area contributed by atoms with Crippen molar-refractivity contribution in [3.63, 3.8) is 0 Å². The zero-order valence-corrected chi connectivity index (χ0v) is 13.5. The Morgan fingerprint density at radius 2 is 1.55 bits per heavy atom. The third kappa shape index (κ3) is 5.86. The molecule has 0 atom stereocenters. The van der Waals surface area contributed by atoms with Crippen LogP contribution in [-0.2, 0) is 9.47 Å². The van der Waals surface area contributed by atoms with E-state index in [1.807, 2.05) is 0 Å². The maximum absolute atomic E-state index is 5.47. The van der Waals surface area contributed by atoms with Gasteiger partial charge in [-0.25, -0.2) is 0 Å². The Morgan fingerprint density at radius 1 is 1.05 bits per heavy atom. The fourth-order valence-corrected chi connectivity index (χ4v) is 2.27. The monoisotopic (exact) mass is 296 g/mol. The first-order chi connectivity index (χ1) is 9.56. The number of ether oxygens (including phenoxy) is 2. The molecule has 4 nitrogen and oxygen atoms in total. The highest BCUT2D eigenvalue weighted by molar-refractivity contribution is 7.80. The van der Waals surface area contributed by atoms with Crippen LogP contribution in [0.2, 0.25) is 0 Å². The van der Waals surface area contributed by atoms with E-state index in [2.05, 4.69) is 42.3 Å². The van der Waals surface area contributed by atoms with Gasteiger partial charge in [-0.2, -0.15) is 0 Å². The van der Waals surface area contributed by atoms with Crippen LogP contribution in [0.1, 0.15) is 11.1 Å². The zero-order chi connectivity index (χ0) is 15.0. The fraction of sp³-hybridized carbons (Fsp3) is 0.533. The van der Waals surface area contributed by atoms with Gasteiger partial charge in [0, 0.05) is 33.0 Å². The van der Waals surface area contributed by atoms with Crippen molar-refractivity contribution in [1.82, 2.24) is 4.90 Å². The van der Waals surface area contributed by atoms with E-state index in [1.165, 1.54) is 11.1 Å². The van der Waals surface area contributed by atoms with Crippen LogP contribution in [0.4, 0.5) is 5.69 Å². The standard InChI is InChI=1S/C15H24N2O2S/c1-12-9-13(2)11-14(10-12)16-15(20)17(5-7-18-3)6-8-19-4/h9-11H,5-8H2,1-4H3,(H,16,20). The summed E-state index contributed by atoms with van der Waals surface area (Å²) >= 11 is 5.47. The second-order valence-electron chi connectivity index (χ2n) is 4.78. The van der Waals surface area contributed by atoms with Gasteiger partial charge in [-0.1, -0.05) is 6.07 Å². The van der Waals surface area contributed by atoms with Crippen LogP contribution in [0.15, 0.2) is 18.2 Å². The van der Waals surface area contributed by atoms with Crippen molar-refractivity contribution in [2.24, 2.45) is 0 Å². The van der Waals surface area contributed by atoms with Crippen LogP contribution < -0.4 is 5.32 Å². The minimum atomic E-state index is 0.637. The van der Waals surface area contributed by atoms with E-state index in [1.54, 1.807) is 14.2 Å². The quantitative estimate of drug-likeness (QED) is 0.782. The van der Waals surface area contributed by atoms with Crippen LogP contribution in [0.5, 0.6) is 0 Å². The number of thiocarbonyl (C=S) groups is 1. The Kier molecular flexibility index (Phi) is 7.51. The normalized spacial score (nSPS) is 10.4. The zero-order valence-electron chi connectivity index (χ0n) is 12.7. The Morgan fingerprint density at radius 3 is 2.00 bits per heavy atom. The number of rotatable bonds is 7. The Hall–Kier alpha value is -1.17. The number of nitrogens with zero attached hydrogens (tertiary/aromatic N) is 1. The lowest BCUT2D eigenvalue weighted by molar-refractivity contribution is 0.147. The molecule has 0 aliphatic heterocycles. The molecule has 0 amide bonds. The van der Waals surface area contributed by atoms with E-state index in [0.717, 1.165) is 18.8 Å². The number of benzene rings is 1. The molecule has 0 aliphatic carbocycles. The highest BCUT2D eigenvalue weighted by atomic mass is 32.1. The Bertz CT molecular complexity index is 410. The summed E-state index contributed by atoms with van der Waals surface area (Å²) < 4.78 is 10.2. The van der Waals surface area contributed by atoms with E-state index >= 15 is 0 Å². The number of hydrogen-bond acceptors (Lipinski definition) is 3. The second-order valence-corrected chi connectivity index (χ2v) is 5.17. The molecule has 1 aromatic rings. The van der Waals surface area contributed by atoms with Crippen LogP contribution in [0.3, 0.4) is 0 Å². The molecule has 0 saturated carbocycles. The van der Waals surface area contributed by atoms with Crippen molar-refractivity contribution in [1.29, 1.82) is 0 Å². The molecular formula is C15H24N2O2S. The lowest BCUT2D eigenvalue weighted by Crippen LogP contribution is -2.39. The van der Waals surface area contributed by atoms with E-state index in [9.17, 15) is 0 Å². The lowest BCUT2D eigenvalue weighted by atomic mass is 10.1. The first-order valence-corrected chi connectivity index (χ1v) is 7.09. The predicted molar refractivity (Wildman–Crippen MR) is 87.5 cm³/mol. The molecule has 1 aromatic carbocycles. The Balaban J connectivity index is 2.68. The number of methoxy groups -OCH3 is 2. The molecule has 1 rings (SSSR count). The summed E-state index contributed by atoms with van der Waals surface area (Å²) in [5.41, 5.74) is 3.46. The SMILES string of the molecule is COCCN(CCOC)C(=S)Nc1cc(C)cc(C)c1. The summed E-state index contributed by atoms with van der Waals surface area (Å²) in [7, 11) is 3.38. The molecular weight excluding hydrogens is 272 g/mol. The van der Waals surface area contributed by atoms with Gasteiger partial charge in [-0.05, 0) is 49.3 Å². The topological polar surface area (TPSA) is 33.7 Å². The van der Waals surface area contributed by atoms with Crippen molar-refractivity contribution in [3.8, 4) is 0 Å². The molecule has 1 N–H and O–H groups in total. The van der Waals surface area contributed by atoms with Crippen LogP contribution >= 0.6 is 12.2 Å². The number of anilines is 1. The maximum Gasteiger partial charge on any atom is 0.173 e. The first kappa shape index (κ1) is 16.9. The maximum atomic E-state index is 5.47. The van der Waals surface area contributed by atoms with E-state index in [0.29, 0.717) is 18.3 Å². The lowest BCUT2D eigenvalue weighted by Gasteiger charge is -2.25. The molecule has 0 radical (unpaired) electrons. The van der Waals surface area contributed by atoms with Crippen molar-refractivity contribution in [3.05, 3.63) is 29.3 Å². The molecule has 112 valence electrons. The highest BCUT2D eigenvalue weighted by Gasteiger charge is 2.09. The number of hydrogen-bond donors (Lipinski definition) is 1. The average molecular weight is 296 g/mol. The molecule has 5 heteroatoms. The second kappa shape index (κ2) is 8.89. The van der Waals surface area contributed by atoms with E-state index < -0.39 is 0 Å². The fourth-order valence-electron chi connectivity index (χ4n) is 1.97. The largest absolute Gasteiger partial charge is 0.383 e. The first-order valence-electron chi connectivity index (χ1n) is 6.69. The summed E-state index contributed by atoms with van der Waals surface area (Å²) in [6, 6.07) is 6.32. The Labute approximate surface area is 127 Å². The summed E-state index contributed by atoms with van der Waals surface area (Å²) in [6.45, 7) is 6.92. The minimum absolute atomic E-state index is 0.637. The van der Waals surface area contributed by atoms with Gasteiger partial charge < -0.3 is 19.7 Å². The van der Waals surface area contributed by atoms with Crippen molar-refractivity contribution in [2.45, 2.75) is 13.8 Å². The van der Waals surface area contributed by atoms with E-state index in [-0.39, 0.29) is 0 Å². The highest BCUT2D eigenvalue weighted by Crippen LogP contribution is 2.14. The predicted octanol–water partition coefficient (Wildman–Crippen LogP) is 2.60. The van der Waals surface area contributed by atoms with Gasteiger partial charge in [0.15, 0.2) is 5.11 Å². The van der Waals surface area contributed by atoms with Crippen LogP contribution in [0.25, 0.3) is 0 Å². The van der Waals surface area contributed by atoms with Gasteiger partial charge in [0.2, 0.25) is 0 Å².